The van der Waals surface area contributed by atoms with Gasteiger partial charge in [0.2, 0.25) is 0 Å². The van der Waals surface area contributed by atoms with Gasteiger partial charge in [-0.15, -0.1) is 0 Å². The van der Waals surface area contributed by atoms with Crippen molar-refractivity contribution in [2.75, 3.05) is 6.54 Å². The average Bonchev–Trinajstić information content (AvgIpc) is 2.97. The highest BCUT2D eigenvalue weighted by Gasteiger charge is 2.15. The summed E-state index contributed by atoms with van der Waals surface area (Å²) in [7, 11) is 1.88. The Bertz CT molecular complexity index is 570. The molecule has 2 heterocycles. The molecule has 0 aliphatic rings. The summed E-state index contributed by atoms with van der Waals surface area (Å²) >= 11 is 6.32. The van der Waals surface area contributed by atoms with Crippen LogP contribution in [0.5, 0.6) is 0 Å². The van der Waals surface area contributed by atoms with Crippen LogP contribution in [0.4, 0.5) is 0 Å². The molecule has 1 unspecified atom stereocenters. The first-order valence-electron chi connectivity index (χ1n) is 7.11. The summed E-state index contributed by atoms with van der Waals surface area (Å²) < 4.78 is 3.97. The lowest BCUT2D eigenvalue weighted by molar-refractivity contribution is 0.534. The van der Waals surface area contributed by atoms with Gasteiger partial charge in [0, 0.05) is 30.5 Å². The molecule has 0 radical (unpaired) electrons. The molecule has 0 aliphatic carbocycles. The minimum atomic E-state index is 0.334. The van der Waals surface area contributed by atoms with Crippen LogP contribution in [-0.2, 0) is 13.6 Å². The molecule has 0 saturated carbocycles. The summed E-state index contributed by atoms with van der Waals surface area (Å²) in [5, 5.41) is 8.61. The van der Waals surface area contributed by atoms with Gasteiger partial charge in [0.25, 0.3) is 0 Å². The van der Waals surface area contributed by atoms with Crippen LogP contribution in [0.15, 0.2) is 18.3 Å². The van der Waals surface area contributed by atoms with Crippen molar-refractivity contribution in [3.05, 3.63) is 40.4 Å². The highest BCUT2D eigenvalue weighted by molar-refractivity contribution is 6.30. The first-order chi connectivity index (χ1) is 9.54. The number of halogens is 1. The third kappa shape index (κ3) is 3.07. The highest BCUT2D eigenvalue weighted by Crippen LogP contribution is 2.22. The molecule has 0 aliphatic heterocycles. The number of aromatic nitrogens is 3. The summed E-state index contributed by atoms with van der Waals surface area (Å²) in [6, 6.07) is 4.58. The second kappa shape index (κ2) is 6.46. The summed E-state index contributed by atoms with van der Waals surface area (Å²) in [6.45, 7) is 8.16. The molecule has 0 spiro atoms. The zero-order valence-electron chi connectivity index (χ0n) is 12.7. The monoisotopic (exact) mass is 294 g/mol. The average molecular weight is 295 g/mol. The first kappa shape index (κ1) is 15.1. The second-order valence-corrected chi connectivity index (χ2v) is 5.57. The fraction of sp³-hybridized carbons (Fsp3) is 0.533. The van der Waals surface area contributed by atoms with Crippen molar-refractivity contribution in [2.45, 2.75) is 39.8 Å². The smallest absolute Gasteiger partial charge is 0.131 e. The maximum Gasteiger partial charge on any atom is 0.131 e. The molecule has 20 heavy (non-hydrogen) atoms. The van der Waals surface area contributed by atoms with Crippen LogP contribution in [0, 0.1) is 6.92 Å². The Morgan fingerprint density at radius 1 is 1.45 bits per heavy atom. The minimum Gasteiger partial charge on any atom is -0.345 e. The van der Waals surface area contributed by atoms with Crippen molar-refractivity contribution < 1.29 is 0 Å². The lowest BCUT2D eigenvalue weighted by Gasteiger charge is -2.17. The number of nitrogens with zero attached hydrogens (tertiary/aromatic N) is 3. The molecule has 110 valence electrons. The van der Waals surface area contributed by atoms with Crippen molar-refractivity contribution in [3.8, 4) is 0 Å². The first-order valence-corrected chi connectivity index (χ1v) is 7.48. The van der Waals surface area contributed by atoms with E-state index in [2.05, 4.69) is 47.2 Å². The van der Waals surface area contributed by atoms with E-state index in [1.165, 1.54) is 5.69 Å². The Kier molecular flexibility index (Phi) is 4.89. The molecule has 2 aromatic rings. The van der Waals surface area contributed by atoms with Crippen LogP contribution in [0.2, 0.25) is 5.15 Å². The van der Waals surface area contributed by atoms with Crippen molar-refractivity contribution >= 4 is 11.6 Å². The summed E-state index contributed by atoms with van der Waals surface area (Å²) in [4.78, 5) is 0. The highest BCUT2D eigenvalue weighted by atomic mass is 35.5. The van der Waals surface area contributed by atoms with E-state index < -0.39 is 0 Å². The maximum atomic E-state index is 6.32. The van der Waals surface area contributed by atoms with E-state index in [9.17, 15) is 0 Å². The molecule has 1 N–H and O–H groups in total. The molecule has 0 bridgehead atoms. The molecule has 1 atom stereocenters. The van der Waals surface area contributed by atoms with E-state index in [0.717, 1.165) is 35.9 Å². The van der Waals surface area contributed by atoms with E-state index in [1.54, 1.807) is 4.68 Å². The fourth-order valence-corrected chi connectivity index (χ4v) is 2.69. The largest absolute Gasteiger partial charge is 0.345 e. The molecule has 0 amide bonds. The number of hydrogen-bond donors (Lipinski definition) is 1. The zero-order chi connectivity index (χ0) is 14.7. The molecule has 0 aromatic carbocycles. The van der Waals surface area contributed by atoms with E-state index in [-0.39, 0.29) is 0 Å². The van der Waals surface area contributed by atoms with E-state index in [0.29, 0.717) is 6.04 Å². The van der Waals surface area contributed by atoms with E-state index in [4.69, 9.17) is 11.6 Å². The Morgan fingerprint density at radius 2 is 2.20 bits per heavy atom. The van der Waals surface area contributed by atoms with Gasteiger partial charge in [-0.1, -0.05) is 18.5 Å². The Hall–Kier alpha value is -1.26. The molecule has 2 rings (SSSR count). The minimum absolute atomic E-state index is 0.334. The van der Waals surface area contributed by atoms with Gasteiger partial charge < -0.3 is 9.88 Å². The van der Waals surface area contributed by atoms with Crippen LogP contribution >= 0.6 is 11.6 Å². The number of rotatable bonds is 6. The SMILES string of the molecule is CCCNC(C)c1cccn1Cc1c(C)nn(C)c1Cl. The molecule has 4 nitrogen and oxygen atoms in total. The zero-order valence-corrected chi connectivity index (χ0v) is 13.4. The lowest BCUT2D eigenvalue weighted by atomic mass is 10.2. The molecule has 2 aromatic heterocycles. The Balaban J connectivity index is 2.20. The number of hydrogen-bond acceptors (Lipinski definition) is 2. The van der Waals surface area contributed by atoms with Gasteiger partial charge in [0.05, 0.1) is 12.2 Å². The van der Waals surface area contributed by atoms with Crippen LogP contribution in [0.1, 0.15) is 43.3 Å². The predicted molar refractivity (Wildman–Crippen MR) is 83.2 cm³/mol. The topological polar surface area (TPSA) is 34.8 Å². The summed E-state index contributed by atoms with van der Waals surface area (Å²) in [5.74, 6) is 0. The fourth-order valence-electron chi connectivity index (χ4n) is 2.45. The maximum absolute atomic E-state index is 6.32. The predicted octanol–water partition coefficient (Wildman–Crippen LogP) is 3.29. The van der Waals surface area contributed by atoms with E-state index in [1.807, 2.05) is 14.0 Å². The standard InChI is InChI=1S/C15H23ClN4/c1-5-8-17-12(3)14-7-6-9-20(14)10-13-11(2)18-19(4)15(13)16/h6-7,9,12,17H,5,8,10H2,1-4H3. The van der Waals surface area contributed by atoms with Crippen LogP contribution in [-0.4, -0.2) is 20.9 Å². The van der Waals surface area contributed by atoms with Crippen molar-refractivity contribution in [1.82, 2.24) is 19.7 Å². The number of aryl methyl sites for hydroxylation is 2. The van der Waals surface area contributed by atoms with Crippen LogP contribution in [0.25, 0.3) is 0 Å². The van der Waals surface area contributed by atoms with Gasteiger partial charge in [0.1, 0.15) is 5.15 Å². The third-order valence-corrected chi connectivity index (χ3v) is 4.08. The van der Waals surface area contributed by atoms with Gasteiger partial charge in [-0.2, -0.15) is 5.10 Å². The second-order valence-electron chi connectivity index (χ2n) is 5.22. The lowest BCUT2D eigenvalue weighted by Crippen LogP contribution is -2.22. The summed E-state index contributed by atoms with van der Waals surface area (Å²) in [5.41, 5.74) is 3.36. The van der Waals surface area contributed by atoms with Gasteiger partial charge >= 0.3 is 0 Å². The van der Waals surface area contributed by atoms with Crippen LogP contribution < -0.4 is 5.32 Å². The Labute approximate surface area is 125 Å². The van der Waals surface area contributed by atoms with Crippen molar-refractivity contribution in [2.24, 2.45) is 7.05 Å². The quantitative estimate of drug-likeness (QED) is 0.887. The molecule has 0 fully saturated rings. The van der Waals surface area contributed by atoms with Gasteiger partial charge in [0.15, 0.2) is 0 Å². The van der Waals surface area contributed by atoms with E-state index >= 15 is 0 Å². The van der Waals surface area contributed by atoms with Crippen molar-refractivity contribution in [1.29, 1.82) is 0 Å². The third-order valence-electron chi connectivity index (χ3n) is 3.61. The van der Waals surface area contributed by atoms with Crippen molar-refractivity contribution in [3.63, 3.8) is 0 Å². The number of nitrogens with one attached hydrogen (secondary N) is 1. The van der Waals surface area contributed by atoms with Gasteiger partial charge in [-0.05, 0) is 38.9 Å². The Morgan fingerprint density at radius 3 is 2.80 bits per heavy atom. The molecule has 5 heteroatoms. The normalized spacial score (nSPS) is 12.8. The molecular formula is C15H23ClN4. The van der Waals surface area contributed by atoms with Gasteiger partial charge in [-0.25, -0.2) is 0 Å². The summed E-state index contributed by atoms with van der Waals surface area (Å²) in [6.07, 6.45) is 3.24. The molecular weight excluding hydrogens is 272 g/mol. The van der Waals surface area contributed by atoms with Gasteiger partial charge in [-0.3, -0.25) is 4.68 Å². The van der Waals surface area contributed by atoms with Crippen LogP contribution in [0.3, 0.4) is 0 Å². The molecule has 0 saturated heterocycles.